The molecule has 1 aromatic rings. The minimum absolute atomic E-state index is 0.00212. The smallest absolute Gasteiger partial charge is 0.321 e. The lowest BCUT2D eigenvalue weighted by atomic mass is 10.1. The zero-order valence-electron chi connectivity index (χ0n) is 14.0. The number of hydrogen-bond donors (Lipinski definition) is 1. The number of amides is 2. The molecule has 130 valence electrons. The number of anilines is 1. The maximum absolute atomic E-state index is 12.5. The average molecular weight is 331 g/mol. The van der Waals surface area contributed by atoms with Crippen LogP contribution < -0.4 is 10.1 Å². The van der Waals surface area contributed by atoms with Gasteiger partial charge in [-0.1, -0.05) is 0 Å². The lowest BCUT2D eigenvalue weighted by Gasteiger charge is -2.35. The summed E-state index contributed by atoms with van der Waals surface area (Å²) in [5.74, 6) is 1.61. The summed E-state index contributed by atoms with van der Waals surface area (Å²) < 4.78 is 10.9. The van der Waals surface area contributed by atoms with Crippen molar-refractivity contribution in [3.05, 3.63) is 23.8 Å². The van der Waals surface area contributed by atoms with Crippen LogP contribution in [0.15, 0.2) is 18.2 Å². The molecule has 2 fully saturated rings. The van der Waals surface area contributed by atoms with Crippen LogP contribution in [0.1, 0.15) is 12.0 Å². The highest BCUT2D eigenvalue weighted by molar-refractivity contribution is 5.89. The predicted octanol–water partition coefficient (Wildman–Crippen LogP) is 1.81. The van der Waals surface area contributed by atoms with Crippen molar-refractivity contribution in [1.82, 2.24) is 9.80 Å². The Morgan fingerprint density at radius 3 is 2.88 bits per heavy atom. The van der Waals surface area contributed by atoms with Crippen molar-refractivity contribution in [2.24, 2.45) is 5.92 Å². The van der Waals surface area contributed by atoms with Crippen LogP contribution in [0, 0.1) is 5.92 Å². The monoisotopic (exact) mass is 331 g/mol. The Labute approximate surface area is 142 Å². The van der Waals surface area contributed by atoms with E-state index in [1.54, 1.807) is 0 Å². The van der Waals surface area contributed by atoms with Crippen molar-refractivity contribution >= 4 is 11.7 Å². The molecule has 3 heterocycles. The Hall–Kier alpha value is -1.79. The van der Waals surface area contributed by atoms with Gasteiger partial charge in [-0.05, 0) is 36.1 Å². The molecule has 0 bridgehead atoms. The molecule has 3 aliphatic rings. The highest BCUT2D eigenvalue weighted by Gasteiger charge is 2.25. The summed E-state index contributed by atoms with van der Waals surface area (Å²) in [7, 11) is 0. The van der Waals surface area contributed by atoms with E-state index in [9.17, 15) is 4.79 Å². The molecule has 1 N–H and O–H groups in total. The molecular weight excluding hydrogens is 306 g/mol. The molecule has 3 aliphatic heterocycles. The minimum Gasteiger partial charge on any atom is -0.493 e. The van der Waals surface area contributed by atoms with E-state index in [-0.39, 0.29) is 6.03 Å². The van der Waals surface area contributed by atoms with Crippen LogP contribution in [0.3, 0.4) is 0 Å². The SMILES string of the molecule is O=C(Nc1ccc2c(c1)CCO2)N1CCN(CC2CCOC2)CC1. The van der Waals surface area contributed by atoms with E-state index < -0.39 is 0 Å². The van der Waals surface area contributed by atoms with Crippen LogP contribution >= 0.6 is 0 Å². The summed E-state index contributed by atoms with van der Waals surface area (Å²) in [6.45, 7) is 7.09. The summed E-state index contributed by atoms with van der Waals surface area (Å²) in [4.78, 5) is 16.8. The molecule has 0 aliphatic carbocycles. The Bertz CT molecular complexity index is 593. The summed E-state index contributed by atoms with van der Waals surface area (Å²) in [6.07, 6.45) is 2.09. The number of piperazine rings is 1. The van der Waals surface area contributed by atoms with E-state index in [1.165, 1.54) is 12.0 Å². The summed E-state index contributed by atoms with van der Waals surface area (Å²) >= 11 is 0. The van der Waals surface area contributed by atoms with Gasteiger partial charge in [0.05, 0.1) is 13.2 Å². The van der Waals surface area contributed by atoms with Gasteiger partial charge in [-0.2, -0.15) is 0 Å². The van der Waals surface area contributed by atoms with E-state index in [0.29, 0.717) is 5.92 Å². The number of rotatable bonds is 3. The third kappa shape index (κ3) is 3.49. The zero-order chi connectivity index (χ0) is 16.4. The number of carbonyl (C=O) groups excluding carboxylic acids is 1. The number of fused-ring (bicyclic) bond motifs is 1. The second-order valence-corrected chi connectivity index (χ2v) is 6.87. The second kappa shape index (κ2) is 6.99. The van der Waals surface area contributed by atoms with E-state index in [0.717, 1.165) is 70.4 Å². The molecule has 2 saturated heterocycles. The molecule has 6 nitrogen and oxygen atoms in total. The van der Waals surface area contributed by atoms with Gasteiger partial charge in [-0.3, -0.25) is 4.90 Å². The molecule has 1 unspecified atom stereocenters. The Balaban J connectivity index is 1.27. The van der Waals surface area contributed by atoms with Crippen LogP contribution in [0.25, 0.3) is 0 Å². The minimum atomic E-state index is -0.00212. The molecular formula is C18H25N3O3. The number of hydrogen-bond acceptors (Lipinski definition) is 4. The number of urea groups is 1. The van der Waals surface area contributed by atoms with Gasteiger partial charge in [-0.25, -0.2) is 4.79 Å². The van der Waals surface area contributed by atoms with Gasteiger partial charge in [-0.15, -0.1) is 0 Å². The van der Waals surface area contributed by atoms with Gasteiger partial charge in [0.15, 0.2) is 0 Å². The van der Waals surface area contributed by atoms with E-state index in [4.69, 9.17) is 9.47 Å². The first-order chi connectivity index (χ1) is 11.8. The largest absolute Gasteiger partial charge is 0.493 e. The fourth-order valence-electron chi connectivity index (χ4n) is 3.69. The van der Waals surface area contributed by atoms with Gasteiger partial charge in [0, 0.05) is 51.4 Å². The normalized spacial score (nSPS) is 23.8. The fraction of sp³-hybridized carbons (Fsp3) is 0.611. The molecule has 1 atom stereocenters. The lowest BCUT2D eigenvalue weighted by molar-refractivity contribution is 0.124. The van der Waals surface area contributed by atoms with Crippen molar-refractivity contribution in [2.75, 3.05) is 57.9 Å². The molecule has 2 amide bonds. The molecule has 6 heteroatoms. The van der Waals surface area contributed by atoms with Crippen molar-refractivity contribution in [3.63, 3.8) is 0 Å². The van der Waals surface area contributed by atoms with Crippen LogP contribution in [-0.2, 0) is 11.2 Å². The van der Waals surface area contributed by atoms with Gasteiger partial charge in [0.25, 0.3) is 0 Å². The third-order valence-electron chi connectivity index (χ3n) is 5.14. The Kier molecular flexibility index (Phi) is 4.58. The number of nitrogens with zero attached hydrogens (tertiary/aromatic N) is 2. The summed E-state index contributed by atoms with van der Waals surface area (Å²) in [5.41, 5.74) is 2.03. The predicted molar refractivity (Wildman–Crippen MR) is 91.6 cm³/mol. The molecule has 0 aromatic heterocycles. The average Bonchev–Trinajstić information content (AvgIpc) is 3.26. The first kappa shape index (κ1) is 15.7. The van der Waals surface area contributed by atoms with Crippen LogP contribution in [0.4, 0.5) is 10.5 Å². The topological polar surface area (TPSA) is 54.0 Å². The number of carbonyl (C=O) groups is 1. The maximum atomic E-state index is 12.5. The van der Waals surface area contributed by atoms with Gasteiger partial charge in [0.2, 0.25) is 0 Å². The highest BCUT2D eigenvalue weighted by Crippen LogP contribution is 2.28. The number of benzene rings is 1. The highest BCUT2D eigenvalue weighted by atomic mass is 16.5. The molecule has 24 heavy (non-hydrogen) atoms. The summed E-state index contributed by atoms with van der Waals surface area (Å²) in [5, 5.41) is 3.02. The Morgan fingerprint density at radius 2 is 2.08 bits per heavy atom. The zero-order valence-corrected chi connectivity index (χ0v) is 14.0. The molecule has 1 aromatic carbocycles. The number of nitrogens with one attached hydrogen (secondary N) is 1. The van der Waals surface area contributed by atoms with E-state index >= 15 is 0 Å². The van der Waals surface area contributed by atoms with Gasteiger partial charge < -0.3 is 19.7 Å². The van der Waals surface area contributed by atoms with Crippen molar-refractivity contribution in [3.8, 4) is 5.75 Å². The van der Waals surface area contributed by atoms with E-state index in [1.807, 2.05) is 23.1 Å². The van der Waals surface area contributed by atoms with Crippen LogP contribution in [0.5, 0.6) is 5.75 Å². The van der Waals surface area contributed by atoms with Crippen molar-refractivity contribution in [1.29, 1.82) is 0 Å². The standard InChI is InChI=1S/C18H25N3O3/c22-18(19-16-1-2-17-15(11-16)4-10-24-17)21-7-5-20(6-8-21)12-14-3-9-23-13-14/h1-2,11,14H,3-10,12-13H2,(H,19,22). The third-order valence-corrected chi connectivity index (χ3v) is 5.14. The number of ether oxygens (including phenoxy) is 2. The first-order valence-corrected chi connectivity index (χ1v) is 8.90. The maximum Gasteiger partial charge on any atom is 0.321 e. The first-order valence-electron chi connectivity index (χ1n) is 8.90. The van der Waals surface area contributed by atoms with Crippen LogP contribution in [-0.4, -0.2) is 68.4 Å². The summed E-state index contributed by atoms with van der Waals surface area (Å²) in [6, 6.07) is 5.88. The molecule has 0 saturated carbocycles. The Morgan fingerprint density at radius 1 is 1.21 bits per heavy atom. The van der Waals surface area contributed by atoms with Gasteiger partial charge >= 0.3 is 6.03 Å². The van der Waals surface area contributed by atoms with Gasteiger partial charge in [0.1, 0.15) is 5.75 Å². The fourth-order valence-corrected chi connectivity index (χ4v) is 3.69. The molecule has 0 spiro atoms. The molecule has 0 radical (unpaired) electrons. The van der Waals surface area contributed by atoms with Crippen molar-refractivity contribution in [2.45, 2.75) is 12.8 Å². The van der Waals surface area contributed by atoms with E-state index in [2.05, 4.69) is 10.2 Å². The second-order valence-electron chi connectivity index (χ2n) is 6.87. The van der Waals surface area contributed by atoms with Crippen molar-refractivity contribution < 1.29 is 14.3 Å². The molecule has 4 rings (SSSR count). The quantitative estimate of drug-likeness (QED) is 0.918. The van der Waals surface area contributed by atoms with Crippen LogP contribution in [0.2, 0.25) is 0 Å². The lowest BCUT2D eigenvalue weighted by Crippen LogP contribution is -2.51.